The first-order valence-electron chi connectivity index (χ1n) is 14.7. The predicted molar refractivity (Wildman–Crippen MR) is 150 cm³/mol. The zero-order valence-corrected chi connectivity index (χ0v) is 24.7. The van der Waals surface area contributed by atoms with Gasteiger partial charge in [0.25, 0.3) is 5.91 Å². The molecule has 12 nitrogen and oxygen atoms in total. The Kier molecular flexibility index (Phi) is 6.85. The number of primary amides is 1. The van der Waals surface area contributed by atoms with Crippen molar-refractivity contribution in [2.75, 3.05) is 25.5 Å². The number of para-hydroxylation sites is 2. The van der Waals surface area contributed by atoms with Crippen molar-refractivity contribution >= 4 is 35.4 Å². The number of halogens is 1. The molecule has 13 heteroatoms. The van der Waals surface area contributed by atoms with Gasteiger partial charge in [-0.25, -0.2) is 9.18 Å². The second-order valence-corrected chi connectivity index (χ2v) is 13.7. The number of nitrogens with zero attached hydrogens (tertiary/aromatic N) is 2. The zero-order valence-electron chi connectivity index (χ0n) is 24.7. The zero-order chi connectivity index (χ0) is 31.0. The molecule has 2 aliphatic carbocycles. The molecule has 1 spiro atoms. The van der Waals surface area contributed by atoms with E-state index in [1.165, 1.54) is 16.9 Å². The maximum Gasteiger partial charge on any atom is 0.407 e. The number of hydrogen-bond donors (Lipinski definition) is 3. The van der Waals surface area contributed by atoms with Gasteiger partial charge < -0.3 is 35.6 Å². The van der Waals surface area contributed by atoms with E-state index in [4.69, 9.17) is 15.2 Å². The number of rotatable bonds is 4. The SMILES string of the molecule is COC(=O)N[C@H](C(=O)N1C[C@@H]2[C@H]3C[C@@H]([C@@H]2[C@H]1C(=O)N1C[C@@]2(C[C@H]1C(N)=O)Oc1ccccc1NC2=O)[C@H](F)C3)C(C)(C)C. The standard InChI is InChI=1S/C30H38FN5O7/c1-29(2,3)23(34-28(41)42-4)26(39)35-12-16-14-9-15(17(31)10-14)21(16)22(35)25(38)36-13-30(11-19(36)24(32)37)27(40)33-18-7-5-6-8-20(18)43-30/h5-8,14-17,19,21-23H,9-13H2,1-4H3,(H2,32,37)(H,33,40)(H,34,41)/t14-,15+,16+,17+,19-,21-,22-,23+,30+/m0/s1. The summed E-state index contributed by atoms with van der Waals surface area (Å²) in [6.07, 6.45) is -1.08. The van der Waals surface area contributed by atoms with Crippen LogP contribution >= 0.6 is 0 Å². The minimum absolute atomic E-state index is 0.0144. The van der Waals surface area contributed by atoms with Crippen LogP contribution in [0.5, 0.6) is 5.75 Å². The van der Waals surface area contributed by atoms with Crippen molar-refractivity contribution in [3.63, 3.8) is 0 Å². The molecule has 4 fully saturated rings. The Hall–Kier alpha value is -3.90. The van der Waals surface area contributed by atoms with Crippen LogP contribution in [-0.2, 0) is 23.9 Å². The molecular weight excluding hydrogens is 561 g/mol. The first kappa shape index (κ1) is 29.2. The van der Waals surface area contributed by atoms with E-state index in [0.29, 0.717) is 24.3 Å². The van der Waals surface area contributed by atoms with E-state index in [9.17, 15) is 24.0 Å². The van der Waals surface area contributed by atoms with Gasteiger partial charge in [0.2, 0.25) is 23.3 Å². The number of ether oxygens (including phenoxy) is 2. The van der Waals surface area contributed by atoms with Gasteiger partial charge in [-0.05, 0) is 54.1 Å². The number of methoxy groups -OCH3 is 1. The van der Waals surface area contributed by atoms with Gasteiger partial charge in [0.15, 0.2) is 0 Å². The number of alkyl halides is 1. The quantitative estimate of drug-likeness (QED) is 0.472. The molecule has 2 saturated heterocycles. The second-order valence-electron chi connectivity index (χ2n) is 13.7. The molecule has 232 valence electrons. The molecule has 2 bridgehead atoms. The molecule has 43 heavy (non-hydrogen) atoms. The van der Waals surface area contributed by atoms with Crippen LogP contribution < -0.4 is 21.1 Å². The number of likely N-dealkylation sites (tertiary alicyclic amines) is 2. The number of carbonyl (C=O) groups is 5. The van der Waals surface area contributed by atoms with E-state index in [2.05, 4.69) is 10.6 Å². The number of carbonyl (C=O) groups excluding carboxylic acids is 5. The summed E-state index contributed by atoms with van der Waals surface area (Å²) >= 11 is 0. The van der Waals surface area contributed by atoms with Gasteiger partial charge in [-0.2, -0.15) is 0 Å². The van der Waals surface area contributed by atoms with E-state index < -0.39 is 76.9 Å². The maximum absolute atomic E-state index is 15.2. The van der Waals surface area contributed by atoms with E-state index in [1.807, 2.05) is 0 Å². The lowest BCUT2D eigenvalue weighted by Crippen LogP contribution is -2.60. The van der Waals surface area contributed by atoms with Gasteiger partial charge in [0, 0.05) is 13.0 Å². The molecule has 2 saturated carbocycles. The van der Waals surface area contributed by atoms with Crippen LogP contribution in [0.1, 0.15) is 40.0 Å². The second kappa shape index (κ2) is 10.1. The summed E-state index contributed by atoms with van der Waals surface area (Å²) in [6, 6.07) is 3.51. The Morgan fingerprint density at radius 2 is 1.88 bits per heavy atom. The van der Waals surface area contributed by atoms with Crippen molar-refractivity contribution in [2.45, 2.75) is 69.9 Å². The van der Waals surface area contributed by atoms with E-state index in [1.54, 1.807) is 45.0 Å². The molecule has 1 aromatic carbocycles. The molecular formula is C30H38FN5O7. The van der Waals surface area contributed by atoms with Crippen LogP contribution in [0.2, 0.25) is 0 Å². The largest absolute Gasteiger partial charge is 0.473 e. The number of nitrogens with two attached hydrogens (primary N) is 1. The molecule has 3 heterocycles. The van der Waals surface area contributed by atoms with Crippen LogP contribution in [0.3, 0.4) is 0 Å². The van der Waals surface area contributed by atoms with Crippen molar-refractivity contribution in [3.05, 3.63) is 24.3 Å². The molecule has 1 aromatic rings. The minimum Gasteiger partial charge on any atom is -0.473 e. The lowest BCUT2D eigenvalue weighted by Gasteiger charge is -2.39. The highest BCUT2D eigenvalue weighted by atomic mass is 19.1. The fraction of sp³-hybridized carbons (Fsp3) is 0.633. The highest BCUT2D eigenvalue weighted by molar-refractivity contribution is 6.03. The number of amides is 5. The van der Waals surface area contributed by atoms with Gasteiger partial charge in [0.1, 0.15) is 30.0 Å². The fourth-order valence-electron chi connectivity index (χ4n) is 8.16. The monoisotopic (exact) mass is 599 g/mol. The lowest BCUT2D eigenvalue weighted by atomic mass is 9.77. The number of benzene rings is 1. The van der Waals surface area contributed by atoms with Gasteiger partial charge in [-0.15, -0.1) is 0 Å². The van der Waals surface area contributed by atoms with Crippen molar-refractivity contribution in [3.8, 4) is 5.75 Å². The summed E-state index contributed by atoms with van der Waals surface area (Å²) < 4.78 is 26.1. The molecule has 0 radical (unpaired) electrons. The summed E-state index contributed by atoms with van der Waals surface area (Å²) in [4.78, 5) is 69.9. The summed E-state index contributed by atoms with van der Waals surface area (Å²) in [6.45, 7) is 5.29. The number of nitrogens with one attached hydrogen (secondary N) is 2. The van der Waals surface area contributed by atoms with E-state index in [-0.39, 0.29) is 31.3 Å². The van der Waals surface area contributed by atoms with Crippen molar-refractivity contribution in [1.82, 2.24) is 15.1 Å². The topological polar surface area (TPSA) is 160 Å². The molecule has 0 aromatic heterocycles. The van der Waals surface area contributed by atoms with Crippen LogP contribution in [0.4, 0.5) is 14.9 Å². The number of hydrogen-bond acceptors (Lipinski definition) is 7. The van der Waals surface area contributed by atoms with Crippen LogP contribution in [0.15, 0.2) is 24.3 Å². The number of fused-ring (bicyclic) bond motifs is 6. The number of alkyl carbamates (subject to hydrolysis) is 1. The van der Waals surface area contributed by atoms with Crippen molar-refractivity contribution in [2.24, 2.45) is 34.8 Å². The van der Waals surface area contributed by atoms with E-state index >= 15 is 4.39 Å². The molecule has 5 aliphatic rings. The summed E-state index contributed by atoms with van der Waals surface area (Å²) in [5, 5.41) is 5.42. The average molecular weight is 600 g/mol. The maximum atomic E-state index is 15.2. The van der Waals surface area contributed by atoms with Gasteiger partial charge in [-0.1, -0.05) is 32.9 Å². The third-order valence-corrected chi connectivity index (χ3v) is 10.2. The normalized spacial score (nSPS) is 34.7. The molecule has 6 rings (SSSR count). The molecule has 4 N–H and O–H groups in total. The third kappa shape index (κ3) is 4.58. The summed E-state index contributed by atoms with van der Waals surface area (Å²) in [7, 11) is 1.19. The Morgan fingerprint density at radius 3 is 2.56 bits per heavy atom. The van der Waals surface area contributed by atoms with Gasteiger partial charge in [0.05, 0.1) is 19.3 Å². The molecule has 5 amide bonds. The Bertz CT molecular complexity index is 1380. The number of anilines is 1. The highest BCUT2D eigenvalue weighted by Crippen LogP contribution is 2.59. The van der Waals surface area contributed by atoms with Crippen LogP contribution in [0, 0.1) is 29.1 Å². The van der Waals surface area contributed by atoms with Crippen LogP contribution in [-0.4, -0.2) is 89.6 Å². The van der Waals surface area contributed by atoms with Crippen molar-refractivity contribution < 1.29 is 37.8 Å². The molecule has 3 aliphatic heterocycles. The van der Waals surface area contributed by atoms with E-state index in [0.717, 1.165) is 0 Å². The Morgan fingerprint density at radius 1 is 1.16 bits per heavy atom. The lowest BCUT2D eigenvalue weighted by molar-refractivity contribution is -0.150. The first-order valence-corrected chi connectivity index (χ1v) is 14.7. The highest BCUT2D eigenvalue weighted by Gasteiger charge is 2.65. The minimum atomic E-state index is -1.58. The first-order chi connectivity index (χ1) is 20.3. The smallest absolute Gasteiger partial charge is 0.407 e. The van der Waals surface area contributed by atoms with Crippen LogP contribution in [0.25, 0.3) is 0 Å². The molecule has 0 unspecified atom stereocenters. The van der Waals surface area contributed by atoms with Crippen molar-refractivity contribution in [1.29, 1.82) is 0 Å². The predicted octanol–water partition coefficient (Wildman–Crippen LogP) is 1.43. The average Bonchev–Trinajstić information content (AvgIpc) is 3.70. The summed E-state index contributed by atoms with van der Waals surface area (Å²) in [5.41, 5.74) is 3.93. The third-order valence-electron chi connectivity index (χ3n) is 10.2. The Labute approximate surface area is 248 Å². The van der Waals surface area contributed by atoms with Gasteiger partial charge >= 0.3 is 6.09 Å². The van der Waals surface area contributed by atoms with Gasteiger partial charge in [-0.3, -0.25) is 19.2 Å². The fourth-order valence-corrected chi connectivity index (χ4v) is 8.16. The Balaban J connectivity index is 1.36. The summed E-state index contributed by atoms with van der Waals surface area (Å²) in [5.74, 6) is -3.00. The molecule has 9 atom stereocenters.